The van der Waals surface area contributed by atoms with Crippen molar-refractivity contribution >= 4 is 69.5 Å². The summed E-state index contributed by atoms with van der Waals surface area (Å²) in [5.74, 6) is -3.79. The van der Waals surface area contributed by atoms with Gasteiger partial charge in [-0.15, -0.1) is 0 Å². The largest absolute Gasteiger partial charge is 0.325 e. The number of rotatable bonds is 6. The Labute approximate surface area is 249 Å². The van der Waals surface area contributed by atoms with Crippen molar-refractivity contribution in [1.29, 1.82) is 0 Å². The van der Waals surface area contributed by atoms with Gasteiger partial charge >= 0.3 is 4.87 Å². The van der Waals surface area contributed by atoms with Crippen molar-refractivity contribution in [3.63, 3.8) is 0 Å². The Morgan fingerprint density at radius 3 is 2.29 bits per heavy atom. The molecule has 14 heteroatoms. The average Bonchev–Trinajstić information content (AvgIpc) is 3.41. The average molecular weight is 625 g/mol. The lowest BCUT2D eigenvalue weighted by molar-refractivity contribution is -0.384. The third-order valence-electron chi connectivity index (χ3n) is 7.03. The lowest BCUT2D eigenvalue weighted by Crippen LogP contribution is -2.33. The maximum Gasteiger partial charge on any atom is 0.308 e. The van der Waals surface area contributed by atoms with Gasteiger partial charge in [-0.05, 0) is 54.1 Å². The van der Waals surface area contributed by atoms with E-state index in [1.165, 1.54) is 53.1 Å². The maximum atomic E-state index is 13.9. The molecule has 2 unspecified atom stereocenters. The van der Waals surface area contributed by atoms with Gasteiger partial charge in [0, 0.05) is 33.6 Å². The number of amides is 3. The zero-order valence-electron chi connectivity index (χ0n) is 21.2. The van der Waals surface area contributed by atoms with E-state index in [2.05, 4.69) is 5.32 Å². The summed E-state index contributed by atoms with van der Waals surface area (Å²) in [5, 5.41) is 13.7. The van der Waals surface area contributed by atoms with Crippen LogP contribution in [0.3, 0.4) is 0 Å². The summed E-state index contributed by atoms with van der Waals surface area (Å²) in [5.41, 5.74) is 0.982. The molecule has 3 aromatic carbocycles. The molecule has 0 radical (unpaired) electrons. The van der Waals surface area contributed by atoms with Crippen LogP contribution in [0.25, 0.3) is 0 Å². The van der Waals surface area contributed by atoms with E-state index in [-0.39, 0.29) is 17.9 Å². The molecule has 0 bridgehead atoms. The number of fused-ring (bicyclic) bond motifs is 2. The van der Waals surface area contributed by atoms with E-state index < -0.39 is 50.4 Å². The normalized spacial score (nSPS) is 19.4. The van der Waals surface area contributed by atoms with Crippen LogP contribution >= 0.6 is 34.7 Å². The number of aromatic nitrogens is 1. The van der Waals surface area contributed by atoms with E-state index in [4.69, 9.17) is 11.6 Å². The standard InChI is InChI=1S/C28H18ClFN4O6S2/c29-15-3-7-17(8-4-15)31-20(35)13-32-27-24(42-28(32)38)21(14-1-5-16(30)6-2-14)22-23(41-27)26(37)33(25(22)36)18-9-11-19(12-10-18)34(39)40/h1-12,21-23H,13H2,(H,31,35)/t21-,22?,23?/m0/s1. The second kappa shape index (κ2) is 10.8. The van der Waals surface area contributed by atoms with Crippen LogP contribution in [0.5, 0.6) is 0 Å². The number of nitrogens with one attached hydrogen (secondary N) is 1. The number of imide groups is 1. The minimum Gasteiger partial charge on any atom is -0.325 e. The Balaban J connectivity index is 1.39. The molecular formula is C28H18ClFN4O6S2. The van der Waals surface area contributed by atoms with Crippen LogP contribution in [-0.2, 0) is 20.9 Å². The van der Waals surface area contributed by atoms with Gasteiger partial charge in [0.25, 0.3) is 5.69 Å². The Morgan fingerprint density at radius 2 is 1.64 bits per heavy atom. The van der Waals surface area contributed by atoms with Crippen LogP contribution in [0.4, 0.5) is 21.5 Å². The van der Waals surface area contributed by atoms with Gasteiger partial charge in [0.1, 0.15) is 17.6 Å². The highest BCUT2D eigenvalue weighted by molar-refractivity contribution is 8.00. The molecule has 2 aliphatic rings. The summed E-state index contributed by atoms with van der Waals surface area (Å²) >= 11 is 7.80. The first-order chi connectivity index (χ1) is 20.1. The summed E-state index contributed by atoms with van der Waals surface area (Å²) in [4.78, 5) is 65.3. The van der Waals surface area contributed by atoms with Gasteiger partial charge in [0.15, 0.2) is 0 Å². The fourth-order valence-corrected chi connectivity index (χ4v) is 8.04. The number of nitro benzene ring substituents is 1. The minimum absolute atomic E-state index is 0.173. The van der Waals surface area contributed by atoms with Crippen molar-refractivity contribution in [2.45, 2.75) is 22.7 Å². The molecule has 3 amide bonds. The molecule has 10 nitrogen and oxygen atoms in total. The molecule has 212 valence electrons. The number of thioether (sulfide) groups is 1. The number of thiazole rings is 1. The van der Waals surface area contributed by atoms with Gasteiger partial charge < -0.3 is 5.32 Å². The van der Waals surface area contributed by atoms with E-state index in [0.717, 1.165) is 28.0 Å². The van der Waals surface area contributed by atoms with Crippen LogP contribution in [0, 0.1) is 21.8 Å². The maximum absolute atomic E-state index is 13.9. The van der Waals surface area contributed by atoms with E-state index >= 15 is 0 Å². The molecular weight excluding hydrogens is 607 g/mol. The summed E-state index contributed by atoms with van der Waals surface area (Å²) in [7, 11) is 0. The van der Waals surface area contributed by atoms with Crippen molar-refractivity contribution in [2.24, 2.45) is 5.92 Å². The summed E-state index contributed by atoms with van der Waals surface area (Å²) < 4.78 is 15.1. The molecule has 1 aromatic heterocycles. The smallest absolute Gasteiger partial charge is 0.308 e. The quantitative estimate of drug-likeness (QED) is 0.180. The topological polar surface area (TPSA) is 132 Å². The van der Waals surface area contributed by atoms with Gasteiger partial charge in [-0.2, -0.15) is 0 Å². The molecule has 1 saturated heterocycles. The number of carbonyl (C=O) groups excluding carboxylic acids is 3. The lowest BCUT2D eigenvalue weighted by atomic mass is 9.83. The van der Waals surface area contributed by atoms with Crippen molar-refractivity contribution in [1.82, 2.24) is 4.57 Å². The molecule has 3 heterocycles. The molecule has 42 heavy (non-hydrogen) atoms. The predicted octanol–water partition coefficient (Wildman–Crippen LogP) is 5.05. The third-order valence-corrected chi connectivity index (χ3v) is 9.88. The molecule has 0 aliphatic carbocycles. The minimum atomic E-state index is -0.963. The second-order valence-corrected chi connectivity index (χ2v) is 12.1. The fourth-order valence-electron chi connectivity index (χ4n) is 5.14. The van der Waals surface area contributed by atoms with Crippen LogP contribution in [0.2, 0.25) is 5.02 Å². The molecule has 1 N–H and O–H groups in total. The number of carbonyl (C=O) groups is 3. The molecule has 0 saturated carbocycles. The number of anilines is 2. The van der Waals surface area contributed by atoms with Crippen LogP contribution in [0.1, 0.15) is 16.4 Å². The van der Waals surface area contributed by atoms with Crippen LogP contribution in [0.15, 0.2) is 82.6 Å². The number of nitrogens with zero attached hydrogens (tertiary/aromatic N) is 3. The number of benzene rings is 3. The third kappa shape index (κ3) is 4.89. The van der Waals surface area contributed by atoms with Gasteiger partial charge in [0.2, 0.25) is 17.7 Å². The number of halogens is 2. The van der Waals surface area contributed by atoms with E-state index in [0.29, 0.717) is 26.2 Å². The number of hydrogen-bond acceptors (Lipinski definition) is 8. The van der Waals surface area contributed by atoms with E-state index in [1.807, 2.05) is 0 Å². The number of hydrogen-bond donors (Lipinski definition) is 1. The summed E-state index contributed by atoms with van der Waals surface area (Å²) in [6.07, 6.45) is 0. The highest BCUT2D eigenvalue weighted by Gasteiger charge is 2.56. The molecule has 2 aliphatic heterocycles. The van der Waals surface area contributed by atoms with Crippen molar-refractivity contribution in [2.75, 3.05) is 10.2 Å². The van der Waals surface area contributed by atoms with Crippen molar-refractivity contribution in [3.8, 4) is 0 Å². The monoisotopic (exact) mass is 624 g/mol. The zero-order chi connectivity index (χ0) is 29.7. The Bertz CT molecular complexity index is 1810. The van der Waals surface area contributed by atoms with Gasteiger partial charge in [-0.3, -0.25) is 33.9 Å². The van der Waals surface area contributed by atoms with Crippen LogP contribution in [-0.4, -0.2) is 32.5 Å². The fraction of sp³-hybridized carbons (Fsp3) is 0.143. The highest BCUT2D eigenvalue weighted by Crippen LogP contribution is 2.53. The SMILES string of the molecule is O=C(Cn1c2c(sc1=O)[C@@H](c1ccc(F)cc1)C1C(=O)N(c3ccc([N+](=O)[O-])cc3)C(=O)C1S2)Nc1ccc(Cl)cc1. The zero-order valence-corrected chi connectivity index (χ0v) is 23.6. The number of non-ortho nitro benzene ring substituents is 1. The molecule has 3 atom stereocenters. The first-order valence-electron chi connectivity index (χ1n) is 12.5. The molecule has 0 spiro atoms. The summed E-state index contributed by atoms with van der Waals surface area (Å²) in [6.45, 7) is -0.345. The van der Waals surface area contributed by atoms with Gasteiger partial charge in [-0.25, -0.2) is 9.29 Å². The van der Waals surface area contributed by atoms with Gasteiger partial charge in [0.05, 0.1) is 21.6 Å². The number of nitro groups is 1. The summed E-state index contributed by atoms with van der Waals surface area (Å²) in [6, 6.07) is 17.0. The Hall–Kier alpha value is -4.33. The first kappa shape index (κ1) is 27.8. The van der Waals surface area contributed by atoms with E-state index in [9.17, 15) is 33.7 Å². The van der Waals surface area contributed by atoms with Crippen molar-refractivity contribution in [3.05, 3.63) is 114 Å². The van der Waals surface area contributed by atoms with E-state index in [1.54, 1.807) is 24.3 Å². The molecule has 4 aromatic rings. The Kier molecular flexibility index (Phi) is 7.17. The first-order valence-corrected chi connectivity index (χ1v) is 14.5. The molecule has 1 fully saturated rings. The molecule has 6 rings (SSSR count). The lowest BCUT2D eigenvalue weighted by Gasteiger charge is -2.30. The van der Waals surface area contributed by atoms with Crippen molar-refractivity contribution < 1.29 is 23.7 Å². The highest BCUT2D eigenvalue weighted by atomic mass is 35.5. The van der Waals surface area contributed by atoms with Gasteiger partial charge in [-0.1, -0.05) is 46.8 Å². The second-order valence-electron chi connectivity index (χ2n) is 9.56. The van der Waals surface area contributed by atoms with Crippen LogP contribution < -0.4 is 15.1 Å². The Morgan fingerprint density at radius 1 is 0.976 bits per heavy atom. The predicted molar refractivity (Wildman–Crippen MR) is 156 cm³/mol.